The molecule has 2 rings (SSSR count). The summed E-state index contributed by atoms with van der Waals surface area (Å²) in [6.45, 7) is 3.95. The summed E-state index contributed by atoms with van der Waals surface area (Å²) < 4.78 is 13.8. The van der Waals surface area contributed by atoms with Gasteiger partial charge in [0.15, 0.2) is 10.0 Å². The van der Waals surface area contributed by atoms with Crippen molar-refractivity contribution >= 4 is 45.6 Å². The fraction of sp³-hybridized carbons (Fsp3) is 0.154. The molecule has 0 aliphatic carbocycles. The molecule has 0 radical (unpaired) electrons. The Kier molecular flexibility index (Phi) is 4.51. The topological polar surface area (TPSA) is 44.7 Å². The zero-order chi connectivity index (χ0) is 14.7. The molecule has 0 spiro atoms. The van der Waals surface area contributed by atoms with Crippen LogP contribution in [0.2, 0.25) is 0 Å². The van der Waals surface area contributed by atoms with Crippen molar-refractivity contribution in [3.05, 3.63) is 42.2 Å². The molecule has 0 saturated carbocycles. The number of thioether (sulfide) groups is 1. The van der Waals surface area contributed by atoms with Gasteiger partial charge in [0.1, 0.15) is 5.82 Å². The van der Waals surface area contributed by atoms with Gasteiger partial charge in [-0.15, -0.1) is 6.58 Å². The van der Waals surface area contributed by atoms with Gasteiger partial charge in [-0.3, -0.25) is 10.2 Å². The van der Waals surface area contributed by atoms with Crippen LogP contribution in [0.4, 0.5) is 10.1 Å². The molecule has 0 atom stereocenters. The molecule has 1 aliphatic rings. The van der Waals surface area contributed by atoms with Gasteiger partial charge in [0.25, 0.3) is 5.91 Å². The first-order chi connectivity index (χ1) is 9.58. The summed E-state index contributed by atoms with van der Waals surface area (Å²) in [5.74, 6) is -0.723. The van der Waals surface area contributed by atoms with Crippen LogP contribution in [0.5, 0.6) is 0 Å². The first-order valence-electron chi connectivity index (χ1n) is 5.72. The Labute approximate surface area is 125 Å². The van der Waals surface area contributed by atoms with E-state index >= 15 is 0 Å². The van der Waals surface area contributed by atoms with Crippen LogP contribution in [0, 0.1) is 5.82 Å². The lowest BCUT2D eigenvalue weighted by molar-refractivity contribution is -0.112. The number of rotatable bonds is 3. The molecule has 1 aliphatic heterocycles. The molecular weight excluding hydrogens is 297 g/mol. The van der Waals surface area contributed by atoms with Crippen LogP contribution in [-0.2, 0) is 4.79 Å². The molecule has 1 aromatic rings. The predicted octanol–water partition coefficient (Wildman–Crippen LogP) is 2.30. The van der Waals surface area contributed by atoms with Crippen molar-refractivity contribution in [2.45, 2.75) is 0 Å². The quantitative estimate of drug-likeness (QED) is 0.529. The van der Waals surface area contributed by atoms with E-state index in [0.717, 1.165) is 0 Å². The van der Waals surface area contributed by atoms with Crippen LogP contribution in [-0.4, -0.2) is 28.7 Å². The summed E-state index contributed by atoms with van der Waals surface area (Å²) in [5.41, 5.74) is 3.83. The van der Waals surface area contributed by atoms with Crippen LogP contribution in [0.15, 0.2) is 36.0 Å². The highest BCUT2D eigenvalue weighted by Crippen LogP contribution is 2.29. The van der Waals surface area contributed by atoms with E-state index in [1.165, 1.54) is 28.8 Å². The van der Waals surface area contributed by atoms with Crippen molar-refractivity contribution < 1.29 is 9.18 Å². The molecule has 7 heteroatoms. The highest BCUT2D eigenvalue weighted by atomic mass is 32.2. The number of thiocarbonyl (C=S) groups is 1. The minimum absolute atomic E-state index is 0.151. The highest BCUT2D eigenvalue weighted by molar-refractivity contribution is 8.22. The van der Waals surface area contributed by atoms with Crippen LogP contribution < -0.4 is 10.3 Å². The lowest BCUT2D eigenvalue weighted by atomic mass is 10.1. The minimum Gasteiger partial charge on any atom is -0.302 e. The summed E-state index contributed by atoms with van der Waals surface area (Å²) in [4.78, 5) is 13.8. The number of carbonyl (C=O) groups excluding carboxylic acids is 1. The SMILES string of the molecule is C=CCN1C(=O)C(=NNC(=S)SC)c2cc(F)ccc21. The fourth-order valence-corrected chi connectivity index (χ4v) is 2.03. The Balaban J connectivity index is 2.44. The molecule has 1 heterocycles. The first-order valence-corrected chi connectivity index (χ1v) is 7.36. The van der Waals surface area contributed by atoms with Crippen molar-refractivity contribution in [3.63, 3.8) is 0 Å². The summed E-state index contributed by atoms with van der Waals surface area (Å²) in [6, 6.07) is 4.16. The van der Waals surface area contributed by atoms with Crippen molar-refractivity contribution in [2.24, 2.45) is 5.10 Å². The van der Waals surface area contributed by atoms with Crippen molar-refractivity contribution in [1.29, 1.82) is 0 Å². The molecular formula is C13H12FN3OS2. The summed E-state index contributed by atoms with van der Waals surface area (Å²) in [7, 11) is 0. The van der Waals surface area contributed by atoms with E-state index in [1.54, 1.807) is 18.4 Å². The molecule has 0 unspecified atom stereocenters. The smallest absolute Gasteiger partial charge is 0.279 e. The average molecular weight is 309 g/mol. The van der Waals surface area contributed by atoms with Crippen LogP contribution in [0.3, 0.4) is 0 Å². The molecule has 0 bridgehead atoms. The number of nitrogens with one attached hydrogen (secondary N) is 1. The third kappa shape index (κ3) is 2.73. The molecule has 1 aromatic carbocycles. The second-order valence-corrected chi connectivity index (χ2v) is 5.41. The molecule has 0 aromatic heterocycles. The maximum Gasteiger partial charge on any atom is 0.279 e. The second kappa shape index (κ2) is 6.15. The number of hydrogen-bond acceptors (Lipinski definition) is 4. The largest absolute Gasteiger partial charge is 0.302 e. The van der Waals surface area contributed by atoms with Gasteiger partial charge in [0, 0.05) is 12.1 Å². The van der Waals surface area contributed by atoms with E-state index in [9.17, 15) is 9.18 Å². The lowest BCUT2D eigenvalue weighted by Gasteiger charge is -2.13. The van der Waals surface area contributed by atoms with Crippen molar-refractivity contribution in [3.8, 4) is 0 Å². The van der Waals surface area contributed by atoms with Gasteiger partial charge in [0.2, 0.25) is 0 Å². The van der Waals surface area contributed by atoms with Gasteiger partial charge in [-0.25, -0.2) is 4.39 Å². The number of anilines is 1. The molecule has 0 saturated heterocycles. The van der Waals surface area contributed by atoms with Gasteiger partial charge >= 0.3 is 0 Å². The van der Waals surface area contributed by atoms with E-state index in [0.29, 0.717) is 22.1 Å². The Morgan fingerprint density at radius 1 is 1.65 bits per heavy atom. The Morgan fingerprint density at radius 3 is 3.05 bits per heavy atom. The number of benzene rings is 1. The fourth-order valence-electron chi connectivity index (χ4n) is 1.85. The third-order valence-corrected chi connectivity index (χ3v) is 3.76. The molecule has 0 fully saturated rings. The van der Waals surface area contributed by atoms with Gasteiger partial charge in [-0.05, 0) is 24.5 Å². The predicted molar refractivity (Wildman–Crippen MR) is 84.7 cm³/mol. The zero-order valence-corrected chi connectivity index (χ0v) is 12.4. The number of halogens is 1. The molecule has 1 N–H and O–H groups in total. The van der Waals surface area contributed by atoms with Crippen molar-refractivity contribution in [1.82, 2.24) is 5.43 Å². The highest BCUT2D eigenvalue weighted by Gasteiger charge is 2.33. The second-order valence-electron chi connectivity index (χ2n) is 3.93. The van der Waals surface area contributed by atoms with Gasteiger partial charge in [0.05, 0.1) is 5.69 Å². The minimum atomic E-state index is -0.419. The molecule has 104 valence electrons. The monoisotopic (exact) mass is 309 g/mol. The number of nitrogens with zero attached hydrogens (tertiary/aromatic N) is 2. The molecule has 4 nitrogen and oxygen atoms in total. The number of hydrogen-bond donors (Lipinski definition) is 1. The zero-order valence-electron chi connectivity index (χ0n) is 10.7. The molecule has 1 amide bonds. The van der Waals surface area contributed by atoms with Gasteiger partial charge in [-0.2, -0.15) is 5.10 Å². The summed E-state index contributed by atoms with van der Waals surface area (Å²) in [6.07, 6.45) is 3.40. The standard InChI is InChI=1S/C13H12FN3OS2/c1-3-6-17-10-5-4-8(14)7-9(10)11(12(17)18)15-16-13(19)20-2/h3-5,7H,1,6H2,2H3,(H,16,19). The number of hydrazone groups is 1. The van der Waals surface area contributed by atoms with Crippen molar-refractivity contribution in [2.75, 3.05) is 17.7 Å². The number of amides is 1. The molecule has 20 heavy (non-hydrogen) atoms. The Morgan fingerprint density at radius 2 is 2.40 bits per heavy atom. The van der Waals surface area contributed by atoms with E-state index in [1.807, 2.05) is 0 Å². The van der Waals surface area contributed by atoms with E-state index < -0.39 is 5.82 Å². The Bertz CT molecular complexity index is 616. The van der Waals surface area contributed by atoms with Crippen LogP contribution in [0.25, 0.3) is 0 Å². The third-order valence-electron chi connectivity index (χ3n) is 2.71. The van der Waals surface area contributed by atoms with Gasteiger partial charge < -0.3 is 4.90 Å². The summed E-state index contributed by atoms with van der Waals surface area (Å²) in [5, 5.41) is 4.00. The first kappa shape index (κ1) is 14.7. The van der Waals surface area contributed by atoms with Gasteiger partial charge in [-0.1, -0.05) is 30.1 Å². The van der Waals surface area contributed by atoms with E-state index in [2.05, 4.69) is 17.1 Å². The number of carbonyl (C=O) groups is 1. The van der Waals surface area contributed by atoms with Crippen LogP contribution in [0.1, 0.15) is 5.56 Å². The summed E-state index contributed by atoms with van der Waals surface area (Å²) >= 11 is 6.27. The maximum atomic E-state index is 13.4. The number of fused-ring (bicyclic) bond motifs is 1. The van der Waals surface area contributed by atoms with E-state index in [-0.39, 0.29) is 11.6 Å². The Hall–Kier alpha value is -1.73. The van der Waals surface area contributed by atoms with Crippen LogP contribution >= 0.6 is 24.0 Å². The van der Waals surface area contributed by atoms with E-state index in [4.69, 9.17) is 12.2 Å². The lowest BCUT2D eigenvalue weighted by Crippen LogP contribution is -2.31. The average Bonchev–Trinajstić information content (AvgIpc) is 2.69. The maximum absolute atomic E-state index is 13.4. The normalized spacial score (nSPS) is 15.4.